The zero-order valence-corrected chi connectivity index (χ0v) is 16.5. The molecule has 3 fully saturated rings. The van der Waals surface area contributed by atoms with Crippen molar-refractivity contribution >= 4 is 26.7 Å². The number of rotatable bonds is 5. The van der Waals surface area contributed by atoms with E-state index in [1.165, 1.54) is 16.7 Å². The summed E-state index contributed by atoms with van der Waals surface area (Å²) in [6, 6.07) is 0. The highest BCUT2D eigenvalue weighted by Gasteiger charge is 2.54. The van der Waals surface area contributed by atoms with Crippen molar-refractivity contribution in [3.8, 4) is 0 Å². The molecule has 4 rings (SSSR count). The molecule has 2 aliphatic heterocycles. The number of piperidine rings is 1. The van der Waals surface area contributed by atoms with Crippen LogP contribution >= 0.6 is 0 Å². The fourth-order valence-corrected chi connectivity index (χ4v) is 6.98. The Morgan fingerprint density at radius 2 is 2.00 bits per heavy atom. The van der Waals surface area contributed by atoms with Crippen molar-refractivity contribution in [3.63, 3.8) is 0 Å². The second kappa shape index (κ2) is 6.42. The van der Waals surface area contributed by atoms with E-state index in [1.807, 2.05) is 6.92 Å². The van der Waals surface area contributed by atoms with Gasteiger partial charge >= 0.3 is 0 Å². The SMILES string of the molecule is CCn1cc(S(=O)(=O)N2CCC3(CC2)N(CC2CC2)C(=O)CS3=O)cn1. The lowest BCUT2D eigenvalue weighted by Crippen LogP contribution is -2.56. The van der Waals surface area contributed by atoms with Gasteiger partial charge in [0.1, 0.15) is 15.5 Å². The Hall–Kier alpha value is -1.26. The lowest BCUT2D eigenvalue weighted by Gasteiger charge is -2.43. The van der Waals surface area contributed by atoms with E-state index in [-0.39, 0.29) is 29.6 Å². The minimum absolute atomic E-state index is 0.0456. The van der Waals surface area contributed by atoms with Gasteiger partial charge in [0.2, 0.25) is 15.9 Å². The van der Waals surface area contributed by atoms with Crippen LogP contribution in [-0.4, -0.2) is 67.8 Å². The molecule has 0 N–H and O–H groups in total. The summed E-state index contributed by atoms with van der Waals surface area (Å²) in [5.41, 5.74) is 0. The highest BCUT2D eigenvalue weighted by molar-refractivity contribution is 7.89. The van der Waals surface area contributed by atoms with Crippen LogP contribution in [0, 0.1) is 5.92 Å². The van der Waals surface area contributed by atoms with Gasteiger partial charge in [-0.1, -0.05) is 0 Å². The van der Waals surface area contributed by atoms with Crippen molar-refractivity contribution in [2.45, 2.75) is 48.9 Å². The van der Waals surface area contributed by atoms with Crippen LogP contribution in [0.3, 0.4) is 0 Å². The predicted molar refractivity (Wildman–Crippen MR) is 96.1 cm³/mol. The first-order valence-electron chi connectivity index (χ1n) is 9.08. The topological polar surface area (TPSA) is 92.6 Å². The molecule has 3 aliphatic rings. The minimum Gasteiger partial charge on any atom is -0.324 e. The van der Waals surface area contributed by atoms with Gasteiger partial charge in [0.05, 0.1) is 17.0 Å². The molecule has 0 radical (unpaired) electrons. The van der Waals surface area contributed by atoms with Crippen LogP contribution in [0.5, 0.6) is 0 Å². The van der Waals surface area contributed by atoms with E-state index in [4.69, 9.17) is 0 Å². The van der Waals surface area contributed by atoms with Gasteiger partial charge in [-0.05, 0) is 38.5 Å². The summed E-state index contributed by atoms with van der Waals surface area (Å²) >= 11 is 0. The molecule has 1 unspecified atom stereocenters. The molecule has 1 amide bonds. The molecule has 8 nitrogen and oxygen atoms in total. The third-order valence-electron chi connectivity index (χ3n) is 5.68. The van der Waals surface area contributed by atoms with Crippen LogP contribution in [0.25, 0.3) is 0 Å². The van der Waals surface area contributed by atoms with E-state index in [1.54, 1.807) is 9.58 Å². The number of aryl methyl sites for hydroxylation is 1. The molecule has 144 valence electrons. The second-order valence-corrected chi connectivity index (χ2v) is 11.0. The Bertz CT molecular complexity index is 838. The van der Waals surface area contributed by atoms with Crippen LogP contribution < -0.4 is 0 Å². The van der Waals surface area contributed by atoms with Crippen molar-refractivity contribution in [1.29, 1.82) is 0 Å². The molecule has 1 spiro atoms. The number of carbonyl (C=O) groups is 1. The van der Waals surface area contributed by atoms with E-state index in [0.29, 0.717) is 31.8 Å². The summed E-state index contributed by atoms with van der Waals surface area (Å²) in [6.07, 6.45) is 6.01. The molecular weight excluding hydrogens is 376 g/mol. The Balaban J connectivity index is 1.52. The summed E-state index contributed by atoms with van der Waals surface area (Å²) < 4.78 is 41.4. The zero-order chi connectivity index (χ0) is 18.5. The maximum atomic E-state index is 12.9. The summed E-state index contributed by atoms with van der Waals surface area (Å²) in [7, 11) is -4.87. The van der Waals surface area contributed by atoms with Crippen LogP contribution in [0.2, 0.25) is 0 Å². The van der Waals surface area contributed by atoms with Gasteiger partial charge in [-0.2, -0.15) is 9.40 Å². The third kappa shape index (κ3) is 2.91. The van der Waals surface area contributed by atoms with Gasteiger partial charge < -0.3 is 4.90 Å². The van der Waals surface area contributed by atoms with E-state index < -0.39 is 25.7 Å². The number of nitrogens with zero attached hydrogens (tertiary/aromatic N) is 4. The van der Waals surface area contributed by atoms with E-state index in [2.05, 4.69) is 5.10 Å². The van der Waals surface area contributed by atoms with E-state index in [0.717, 1.165) is 12.8 Å². The summed E-state index contributed by atoms with van der Waals surface area (Å²) in [6.45, 7) is 3.73. The molecule has 26 heavy (non-hydrogen) atoms. The average Bonchev–Trinajstić information content (AvgIpc) is 3.26. The normalized spacial score (nSPS) is 26.7. The van der Waals surface area contributed by atoms with Gasteiger partial charge in [-0.25, -0.2) is 8.42 Å². The van der Waals surface area contributed by atoms with Crippen LogP contribution in [0.15, 0.2) is 17.3 Å². The van der Waals surface area contributed by atoms with Crippen molar-refractivity contribution < 1.29 is 17.4 Å². The van der Waals surface area contributed by atoms with Crippen molar-refractivity contribution in [2.24, 2.45) is 5.92 Å². The number of hydrogen-bond donors (Lipinski definition) is 0. The summed E-state index contributed by atoms with van der Waals surface area (Å²) in [5.74, 6) is 0.547. The van der Waals surface area contributed by atoms with Crippen molar-refractivity contribution in [1.82, 2.24) is 19.0 Å². The molecule has 0 bridgehead atoms. The first-order chi connectivity index (χ1) is 12.4. The Morgan fingerprint density at radius 1 is 1.31 bits per heavy atom. The Morgan fingerprint density at radius 3 is 2.58 bits per heavy atom. The Kier molecular flexibility index (Phi) is 4.47. The van der Waals surface area contributed by atoms with Crippen LogP contribution in [0.4, 0.5) is 0 Å². The van der Waals surface area contributed by atoms with E-state index in [9.17, 15) is 17.4 Å². The van der Waals surface area contributed by atoms with Gasteiger partial charge in [0.15, 0.2) is 0 Å². The highest BCUT2D eigenvalue weighted by atomic mass is 32.2. The van der Waals surface area contributed by atoms with Crippen LogP contribution in [-0.2, 0) is 32.2 Å². The molecule has 10 heteroatoms. The predicted octanol–water partition coefficient (Wildman–Crippen LogP) is 0.385. The largest absolute Gasteiger partial charge is 0.324 e. The first kappa shape index (κ1) is 18.1. The number of hydrogen-bond acceptors (Lipinski definition) is 5. The molecule has 1 aromatic heterocycles. The van der Waals surface area contributed by atoms with Gasteiger partial charge in [0, 0.05) is 32.4 Å². The Labute approximate surface area is 156 Å². The molecule has 0 aromatic carbocycles. The van der Waals surface area contributed by atoms with E-state index >= 15 is 0 Å². The first-order valence-corrected chi connectivity index (χ1v) is 11.8. The van der Waals surface area contributed by atoms with Gasteiger partial charge in [-0.3, -0.25) is 13.7 Å². The number of amides is 1. The smallest absolute Gasteiger partial charge is 0.246 e. The third-order valence-corrected chi connectivity index (χ3v) is 9.52. The second-order valence-electron chi connectivity index (χ2n) is 7.32. The molecule has 3 heterocycles. The minimum atomic E-state index is -3.61. The quantitative estimate of drug-likeness (QED) is 0.713. The molecule has 1 saturated carbocycles. The standard InChI is InChI=1S/C16H24N4O4S2/c1-2-18-11-14(9-17-18)26(23,24)19-7-5-16(6-8-19)20(10-13-3-4-13)15(21)12-25(16)22/h9,11,13H,2-8,10,12H2,1H3. The van der Waals surface area contributed by atoms with Gasteiger partial charge in [-0.15, -0.1) is 0 Å². The lowest BCUT2D eigenvalue weighted by atomic mass is 10.0. The average molecular weight is 401 g/mol. The fraction of sp³-hybridized carbons (Fsp3) is 0.750. The molecule has 1 atom stereocenters. The molecule has 1 aromatic rings. The maximum absolute atomic E-state index is 12.9. The fourth-order valence-electron chi connectivity index (χ4n) is 3.87. The molecule has 2 saturated heterocycles. The van der Waals surface area contributed by atoms with Crippen molar-refractivity contribution in [3.05, 3.63) is 12.4 Å². The maximum Gasteiger partial charge on any atom is 0.246 e. The molecule has 1 aliphatic carbocycles. The molecular formula is C16H24N4O4S2. The number of sulfonamides is 1. The van der Waals surface area contributed by atoms with Crippen LogP contribution in [0.1, 0.15) is 32.6 Å². The van der Waals surface area contributed by atoms with Crippen molar-refractivity contribution in [2.75, 3.05) is 25.4 Å². The monoisotopic (exact) mass is 400 g/mol. The summed E-state index contributed by atoms with van der Waals surface area (Å²) in [4.78, 5) is 13.7. The zero-order valence-electron chi connectivity index (χ0n) is 14.8. The lowest BCUT2D eigenvalue weighted by molar-refractivity contribution is -0.131. The van der Waals surface area contributed by atoms with Gasteiger partial charge in [0.25, 0.3) is 0 Å². The highest BCUT2D eigenvalue weighted by Crippen LogP contribution is 2.41. The number of aromatic nitrogens is 2. The number of carbonyl (C=O) groups excluding carboxylic acids is 1. The summed E-state index contributed by atoms with van der Waals surface area (Å²) in [5, 5.41) is 4.05.